The molecule has 22 heavy (non-hydrogen) atoms. The molecule has 0 amide bonds. The second-order valence-corrected chi connectivity index (χ2v) is 5.15. The van der Waals surface area contributed by atoms with Gasteiger partial charge in [0.15, 0.2) is 0 Å². The fourth-order valence-corrected chi connectivity index (χ4v) is 2.36. The zero-order valence-corrected chi connectivity index (χ0v) is 12.7. The fraction of sp³-hybridized carbons (Fsp3) is 0.400. The van der Waals surface area contributed by atoms with Gasteiger partial charge in [-0.3, -0.25) is 10.1 Å². The van der Waals surface area contributed by atoms with Crippen LogP contribution in [0.3, 0.4) is 0 Å². The lowest BCUT2D eigenvalue weighted by atomic mass is 9.93. The van der Waals surface area contributed by atoms with Gasteiger partial charge in [0.2, 0.25) is 0 Å². The molecular formula is C15H18N2O5. The Kier molecular flexibility index (Phi) is 4.35. The molecule has 1 aromatic heterocycles. The van der Waals surface area contributed by atoms with Gasteiger partial charge in [-0.15, -0.1) is 0 Å². The number of hydrogen-bond donors (Lipinski definition) is 1. The average molecular weight is 306 g/mol. The maximum atomic E-state index is 11.8. The van der Waals surface area contributed by atoms with E-state index in [0.717, 1.165) is 18.0 Å². The van der Waals surface area contributed by atoms with Gasteiger partial charge in [-0.2, -0.15) is 0 Å². The van der Waals surface area contributed by atoms with Crippen molar-refractivity contribution in [3.05, 3.63) is 40.1 Å². The molecule has 0 bridgehead atoms. The van der Waals surface area contributed by atoms with Gasteiger partial charge < -0.3 is 14.5 Å². The first-order chi connectivity index (χ1) is 10.4. The summed E-state index contributed by atoms with van der Waals surface area (Å²) >= 11 is 0. The van der Waals surface area contributed by atoms with E-state index < -0.39 is 16.4 Å². The molecule has 1 heterocycles. The number of H-pyrrole nitrogens is 1. The Hall–Kier alpha value is -2.57. The highest BCUT2D eigenvalue weighted by atomic mass is 16.6. The monoisotopic (exact) mass is 306 g/mol. The molecular weight excluding hydrogens is 288 g/mol. The van der Waals surface area contributed by atoms with Gasteiger partial charge in [0.1, 0.15) is 5.75 Å². The lowest BCUT2D eigenvalue weighted by molar-refractivity contribution is -0.550. The summed E-state index contributed by atoms with van der Waals surface area (Å²) in [6.45, 7) is 3.67. The molecule has 0 fully saturated rings. The van der Waals surface area contributed by atoms with Crippen LogP contribution in [0.25, 0.3) is 10.9 Å². The van der Waals surface area contributed by atoms with E-state index in [9.17, 15) is 14.9 Å². The summed E-state index contributed by atoms with van der Waals surface area (Å²) in [6.07, 6.45) is 1.60. The average Bonchev–Trinajstić information content (AvgIpc) is 2.88. The van der Waals surface area contributed by atoms with Crippen molar-refractivity contribution in [1.82, 2.24) is 4.98 Å². The van der Waals surface area contributed by atoms with Gasteiger partial charge in [-0.1, -0.05) is 0 Å². The van der Waals surface area contributed by atoms with Gasteiger partial charge in [-0.25, -0.2) is 4.79 Å². The Morgan fingerprint density at radius 2 is 2.18 bits per heavy atom. The molecule has 0 saturated heterocycles. The fourth-order valence-electron chi connectivity index (χ4n) is 2.36. The second-order valence-electron chi connectivity index (χ2n) is 5.15. The number of nitrogens with one attached hydrogen (secondary N) is 1. The van der Waals surface area contributed by atoms with E-state index in [-0.39, 0.29) is 6.42 Å². The van der Waals surface area contributed by atoms with Crippen LogP contribution >= 0.6 is 0 Å². The van der Waals surface area contributed by atoms with Gasteiger partial charge in [0.05, 0.1) is 20.1 Å². The van der Waals surface area contributed by atoms with Gasteiger partial charge in [0, 0.05) is 28.9 Å². The number of esters is 1. The van der Waals surface area contributed by atoms with Crippen LogP contribution in [0, 0.1) is 10.1 Å². The number of methoxy groups -OCH3 is 1. The molecule has 0 aliphatic carbocycles. The van der Waals surface area contributed by atoms with Crippen molar-refractivity contribution in [2.24, 2.45) is 0 Å². The van der Waals surface area contributed by atoms with E-state index in [1.807, 2.05) is 25.1 Å². The van der Waals surface area contributed by atoms with Crippen molar-refractivity contribution < 1.29 is 19.2 Å². The van der Waals surface area contributed by atoms with E-state index in [2.05, 4.69) is 9.72 Å². The van der Waals surface area contributed by atoms with Crippen LogP contribution in [0.1, 0.15) is 19.4 Å². The highest BCUT2D eigenvalue weighted by Gasteiger charge is 2.47. The van der Waals surface area contributed by atoms with Crippen LogP contribution < -0.4 is 4.74 Å². The normalized spacial score (nSPS) is 13.6. The summed E-state index contributed by atoms with van der Waals surface area (Å²) in [6, 6.07) is 5.47. The second kappa shape index (κ2) is 6.05. The highest BCUT2D eigenvalue weighted by Crippen LogP contribution is 2.28. The molecule has 0 aliphatic rings. The minimum absolute atomic E-state index is 0.0672. The third-order valence-electron chi connectivity index (χ3n) is 3.61. The molecule has 7 heteroatoms. The lowest BCUT2D eigenvalue weighted by Gasteiger charge is -2.17. The van der Waals surface area contributed by atoms with Crippen LogP contribution in [-0.4, -0.2) is 35.1 Å². The number of rotatable bonds is 6. The van der Waals surface area contributed by atoms with E-state index in [1.165, 1.54) is 6.92 Å². The van der Waals surface area contributed by atoms with Crippen LogP contribution in [0.4, 0.5) is 0 Å². The third-order valence-corrected chi connectivity index (χ3v) is 3.61. The summed E-state index contributed by atoms with van der Waals surface area (Å²) < 4.78 is 10.0. The lowest BCUT2D eigenvalue weighted by Crippen LogP contribution is -2.46. The first kappa shape index (κ1) is 15.8. The summed E-state index contributed by atoms with van der Waals surface area (Å²) in [5.41, 5.74) is -0.332. The molecule has 0 aliphatic heterocycles. The van der Waals surface area contributed by atoms with Crippen molar-refractivity contribution in [2.45, 2.75) is 25.8 Å². The minimum Gasteiger partial charge on any atom is -0.494 e. The molecule has 0 spiro atoms. The Balaban J connectivity index is 2.43. The van der Waals surface area contributed by atoms with Gasteiger partial charge in [-0.05, 0) is 30.7 Å². The number of carbonyl (C=O) groups is 1. The van der Waals surface area contributed by atoms with Crippen LogP contribution in [-0.2, 0) is 16.0 Å². The van der Waals surface area contributed by atoms with Crippen LogP contribution in [0.5, 0.6) is 5.75 Å². The maximum absolute atomic E-state index is 11.8. The predicted molar refractivity (Wildman–Crippen MR) is 80.6 cm³/mol. The van der Waals surface area contributed by atoms with Gasteiger partial charge >= 0.3 is 11.5 Å². The molecule has 0 unspecified atom stereocenters. The Labute approximate surface area is 127 Å². The quantitative estimate of drug-likeness (QED) is 0.502. The van der Waals surface area contributed by atoms with Crippen molar-refractivity contribution in [3.63, 3.8) is 0 Å². The highest BCUT2D eigenvalue weighted by molar-refractivity contribution is 5.86. The standard InChI is InChI=1S/C15H18N2O5/c1-4-22-11-5-6-13-12(7-11)10(9-16-13)8-15(2,17(19)20)14(18)21-3/h5-7,9,16H,4,8H2,1-3H3/t15-/m0/s1. The van der Waals surface area contributed by atoms with Crippen molar-refractivity contribution in [3.8, 4) is 5.75 Å². The summed E-state index contributed by atoms with van der Waals surface area (Å²) in [5.74, 6) is -0.190. The van der Waals surface area contributed by atoms with E-state index >= 15 is 0 Å². The van der Waals surface area contributed by atoms with Gasteiger partial charge in [0.25, 0.3) is 0 Å². The number of hydrogen-bond acceptors (Lipinski definition) is 5. The molecule has 7 nitrogen and oxygen atoms in total. The molecule has 1 N–H and O–H groups in total. The molecule has 0 radical (unpaired) electrons. The Morgan fingerprint density at radius 1 is 1.45 bits per heavy atom. The SMILES string of the molecule is CCOc1ccc2[nH]cc(C[C@@](C)(C(=O)OC)[N+](=O)[O-])c2c1. The number of nitro groups is 1. The zero-order valence-electron chi connectivity index (χ0n) is 12.7. The first-order valence-electron chi connectivity index (χ1n) is 6.88. The number of aromatic amines is 1. The zero-order chi connectivity index (χ0) is 16.3. The number of fused-ring (bicyclic) bond motifs is 1. The summed E-state index contributed by atoms with van der Waals surface area (Å²) in [4.78, 5) is 25.6. The third kappa shape index (κ3) is 2.74. The minimum atomic E-state index is -1.83. The number of aromatic nitrogens is 1. The van der Waals surface area contributed by atoms with E-state index in [0.29, 0.717) is 17.9 Å². The Bertz CT molecular complexity index is 709. The number of carbonyl (C=O) groups excluding carboxylic acids is 1. The van der Waals surface area contributed by atoms with Crippen LogP contribution in [0.15, 0.2) is 24.4 Å². The summed E-state index contributed by atoms with van der Waals surface area (Å²) in [7, 11) is 1.15. The van der Waals surface area contributed by atoms with Crippen LogP contribution in [0.2, 0.25) is 0 Å². The van der Waals surface area contributed by atoms with Crippen molar-refractivity contribution in [2.75, 3.05) is 13.7 Å². The summed E-state index contributed by atoms with van der Waals surface area (Å²) in [5, 5.41) is 12.1. The largest absolute Gasteiger partial charge is 0.494 e. The molecule has 1 atom stereocenters. The van der Waals surface area contributed by atoms with Crippen molar-refractivity contribution >= 4 is 16.9 Å². The Morgan fingerprint density at radius 3 is 2.77 bits per heavy atom. The topological polar surface area (TPSA) is 94.5 Å². The molecule has 118 valence electrons. The van der Waals surface area contributed by atoms with E-state index in [4.69, 9.17) is 4.74 Å². The molecule has 2 rings (SSSR count). The van der Waals surface area contributed by atoms with Crippen molar-refractivity contribution in [1.29, 1.82) is 0 Å². The number of benzene rings is 1. The number of nitrogens with zero attached hydrogens (tertiary/aromatic N) is 1. The smallest absolute Gasteiger partial charge is 0.384 e. The van der Waals surface area contributed by atoms with E-state index in [1.54, 1.807) is 6.20 Å². The molecule has 1 aromatic carbocycles. The maximum Gasteiger partial charge on any atom is 0.384 e. The molecule has 2 aromatic rings. The first-order valence-corrected chi connectivity index (χ1v) is 6.88. The molecule has 0 saturated carbocycles. The number of ether oxygens (including phenoxy) is 2. The predicted octanol–water partition coefficient (Wildman–Crippen LogP) is 2.32.